The first-order valence-corrected chi connectivity index (χ1v) is 7.68. The largest absolute Gasteiger partial charge is 0.480 e. The van der Waals surface area contributed by atoms with E-state index in [4.69, 9.17) is 21.1 Å². The van der Waals surface area contributed by atoms with Gasteiger partial charge in [-0.1, -0.05) is 11.6 Å². The summed E-state index contributed by atoms with van der Waals surface area (Å²) in [7, 11) is 0. The van der Waals surface area contributed by atoms with E-state index >= 15 is 0 Å². The van der Waals surface area contributed by atoms with Crippen LogP contribution in [0.3, 0.4) is 0 Å². The smallest absolute Gasteiger partial charge is 0.327 e. The van der Waals surface area contributed by atoms with E-state index < -0.39 is 12.0 Å². The second kappa shape index (κ2) is 5.31. The molecule has 1 saturated heterocycles. The van der Waals surface area contributed by atoms with Crippen LogP contribution in [-0.2, 0) is 4.79 Å². The van der Waals surface area contributed by atoms with Crippen LogP contribution in [0.2, 0.25) is 5.02 Å². The second-order valence-electron chi connectivity index (χ2n) is 4.69. The molecule has 3 rings (SSSR count). The molecule has 2 unspecified atom stereocenters. The Morgan fingerprint density at radius 3 is 2.90 bits per heavy atom. The molecule has 1 amide bonds. The molecule has 6 nitrogen and oxygen atoms in total. The number of carboxylic acids is 1. The van der Waals surface area contributed by atoms with Crippen molar-refractivity contribution < 1.29 is 24.2 Å². The molecule has 1 N–H and O–H groups in total. The molecule has 0 aromatic heterocycles. The second-order valence-corrected chi connectivity index (χ2v) is 6.45. The quantitative estimate of drug-likeness (QED) is 0.895. The van der Waals surface area contributed by atoms with E-state index in [1.54, 1.807) is 6.92 Å². The Hall–Kier alpha value is -1.60. The highest BCUT2D eigenvalue weighted by molar-refractivity contribution is 8.00. The molecule has 0 radical (unpaired) electrons. The fraction of sp³-hybridized carbons (Fsp3) is 0.385. The lowest BCUT2D eigenvalue weighted by atomic mass is 10.1. The van der Waals surface area contributed by atoms with E-state index in [1.165, 1.54) is 28.8 Å². The van der Waals surface area contributed by atoms with E-state index in [0.717, 1.165) is 0 Å². The number of hydrogen-bond donors (Lipinski definition) is 1. The molecule has 2 heterocycles. The summed E-state index contributed by atoms with van der Waals surface area (Å²) in [5.74, 6) is -0.197. The number of aliphatic carboxylic acids is 1. The van der Waals surface area contributed by atoms with Crippen molar-refractivity contribution in [3.63, 3.8) is 0 Å². The van der Waals surface area contributed by atoms with E-state index in [2.05, 4.69) is 0 Å². The van der Waals surface area contributed by atoms with Crippen LogP contribution in [0.4, 0.5) is 0 Å². The first-order chi connectivity index (χ1) is 9.99. The van der Waals surface area contributed by atoms with Crippen LogP contribution < -0.4 is 9.47 Å². The molecule has 1 aromatic rings. The van der Waals surface area contributed by atoms with Gasteiger partial charge in [-0.3, -0.25) is 4.79 Å². The predicted molar refractivity (Wildman–Crippen MR) is 77.1 cm³/mol. The molecule has 21 heavy (non-hydrogen) atoms. The van der Waals surface area contributed by atoms with Gasteiger partial charge in [0.25, 0.3) is 5.91 Å². The topological polar surface area (TPSA) is 76.1 Å². The van der Waals surface area contributed by atoms with Crippen molar-refractivity contribution in [1.82, 2.24) is 4.90 Å². The lowest BCUT2D eigenvalue weighted by molar-refractivity contribution is -0.141. The Morgan fingerprint density at radius 2 is 2.19 bits per heavy atom. The van der Waals surface area contributed by atoms with Crippen molar-refractivity contribution in [3.8, 4) is 11.5 Å². The van der Waals surface area contributed by atoms with Gasteiger partial charge in [-0.15, -0.1) is 11.8 Å². The van der Waals surface area contributed by atoms with Crippen LogP contribution in [0.5, 0.6) is 11.5 Å². The monoisotopic (exact) mass is 329 g/mol. The summed E-state index contributed by atoms with van der Waals surface area (Å²) >= 11 is 7.49. The Labute approximate surface area is 130 Å². The molecule has 1 fully saturated rings. The number of carbonyl (C=O) groups is 2. The molecule has 0 spiro atoms. The highest BCUT2D eigenvalue weighted by Gasteiger charge is 2.40. The van der Waals surface area contributed by atoms with Gasteiger partial charge in [0.1, 0.15) is 6.04 Å². The average Bonchev–Trinajstić information content (AvgIpc) is 3.04. The van der Waals surface area contributed by atoms with Crippen LogP contribution in [0.15, 0.2) is 12.1 Å². The molecule has 0 aliphatic carbocycles. The normalized spacial score (nSPS) is 23.4. The Bertz CT molecular complexity index is 623. The number of fused-ring (bicyclic) bond motifs is 1. The molecule has 2 atom stereocenters. The maximum atomic E-state index is 12.6. The maximum Gasteiger partial charge on any atom is 0.327 e. The summed E-state index contributed by atoms with van der Waals surface area (Å²) in [6.07, 6.45) is 0. The fourth-order valence-corrected chi connectivity index (χ4v) is 3.81. The van der Waals surface area contributed by atoms with Crippen molar-refractivity contribution in [2.45, 2.75) is 18.3 Å². The Morgan fingerprint density at radius 1 is 1.43 bits per heavy atom. The number of ether oxygens (including phenoxy) is 2. The van der Waals surface area contributed by atoms with Gasteiger partial charge >= 0.3 is 5.97 Å². The third-order valence-electron chi connectivity index (χ3n) is 3.42. The Kier molecular flexibility index (Phi) is 3.62. The van der Waals surface area contributed by atoms with Gasteiger partial charge in [-0.25, -0.2) is 4.79 Å². The summed E-state index contributed by atoms with van der Waals surface area (Å²) in [6, 6.07) is 2.18. The highest BCUT2D eigenvalue weighted by Crippen LogP contribution is 2.41. The van der Waals surface area contributed by atoms with Crippen molar-refractivity contribution in [2.24, 2.45) is 0 Å². The van der Waals surface area contributed by atoms with Gasteiger partial charge in [-0.2, -0.15) is 0 Å². The number of carbonyl (C=O) groups excluding carboxylic acids is 1. The van der Waals surface area contributed by atoms with Gasteiger partial charge in [-0.05, 0) is 19.1 Å². The molecule has 0 saturated carbocycles. The van der Waals surface area contributed by atoms with E-state index in [9.17, 15) is 14.7 Å². The minimum absolute atomic E-state index is 0.0560. The van der Waals surface area contributed by atoms with Crippen LogP contribution >= 0.6 is 23.4 Å². The first kappa shape index (κ1) is 14.3. The van der Waals surface area contributed by atoms with Crippen LogP contribution in [-0.4, -0.2) is 45.8 Å². The fourth-order valence-electron chi connectivity index (χ4n) is 2.38. The zero-order valence-electron chi connectivity index (χ0n) is 11.0. The zero-order valence-corrected chi connectivity index (χ0v) is 12.6. The number of amides is 1. The summed E-state index contributed by atoms with van der Waals surface area (Å²) in [4.78, 5) is 25.3. The number of rotatable bonds is 2. The molecular weight excluding hydrogens is 318 g/mol. The number of hydrogen-bond acceptors (Lipinski definition) is 5. The number of benzene rings is 1. The third-order valence-corrected chi connectivity index (χ3v) is 4.92. The van der Waals surface area contributed by atoms with Gasteiger partial charge in [0.2, 0.25) is 6.79 Å². The average molecular weight is 330 g/mol. The van der Waals surface area contributed by atoms with Gasteiger partial charge < -0.3 is 19.5 Å². The van der Waals surface area contributed by atoms with Crippen molar-refractivity contribution in [2.75, 3.05) is 12.5 Å². The zero-order chi connectivity index (χ0) is 15.1. The van der Waals surface area contributed by atoms with E-state index in [-0.39, 0.29) is 23.1 Å². The summed E-state index contributed by atoms with van der Waals surface area (Å²) in [5, 5.41) is 9.30. The van der Waals surface area contributed by atoms with Gasteiger partial charge in [0.15, 0.2) is 11.5 Å². The van der Waals surface area contributed by atoms with Crippen LogP contribution in [0.1, 0.15) is 17.3 Å². The number of halogens is 1. The van der Waals surface area contributed by atoms with E-state index in [0.29, 0.717) is 22.8 Å². The predicted octanol–water partition coefficient (Wildman–Crippen LogP) is 2.06. The highest BCUT2D eigenvalue weighted by atomic mass is 35.5. The summed E-state index contributed by atoms with van der Waals surface area (Å²) in [5.41, 5.74) is 0.296. The first-order valence-electron chi connectivity index (χ1n) is 6.25. The molecule has 112 valence electrons. The standard InChI is InChI=1S/C13H12ClNO5S/c1-6-15(9(4-21-6)13(17)18)12(16)7-2-8(14)11-10(3-7)19-5-20-11/h2-3,6,9H,4-5H2,1H3,(H,17,18). The molecule has 2 aliphatic heterocycles. The van der Waals surface area contributed by atoms with Crippen molar-refractivity contribution in [3.05, 3.63) is 22.7 Å². The van der Waals surface area contributed by atoms with Gasteiger partial charge in [0, 0.05) is 11.3 Å². The number of thioether (sulfide) groups is 1. The maximum absolute atomic E-state index is 12.6. The molecule has 1 aromatic carbocycles. The minimum atomic E-state index is -1.01. The molecular formula is C13H12ClNO5S. The van der Waals surface area contributed by atoms with Gasteiger partial charge in [0.05, 0.1) is 10.4 Å². The minimum Gasteiger partial charge on any atom is -0.480 e. The van der Waals surface area contributed by atoms with E-state index in [1.807, 2.05) is 0 Å². The third kappa shape index (κ3) is 2.40. The summed E-state index contributed by atoms with van der Waals surface area (Å²) < 4.78 is 10.4. The van der Waals surface area contributed by atoms with Crippen LogP contribution in [0, 0.1) is 0 Å². The van der Waals surface area contributed by atoms with Crippen molar-refractivity contribution >= 4 is 35.2 Å². The molecule has 2 aliphatic rings. The lowest BCUT2D eigenvalue weighted by Crippen LogP contribution is -2.44. The number of carboxylic acid groups (broad SMARTS) is 1. The molecule has 8 heteroatoms. The SMILES string of the molecule is CC1SCC(C(=O)O)N1C(=O)c1cc(Cl)c2c(c1)OCO2. The lowest BCUT2D eigenvalue weighted by Gasteiger charge is -2.25. The van der Waals surface area contributed by atoms with Crippen LogP contribution in [0.25, 0.3) is 0 Å². The number of nitrogens with zero attached hydrogens (tertiary/aromatic N) is 1. The van der Waals surface area contributed by atoms with Crippen molar-refractivity contribution in [1.29, 1.82) is 0 Å². The molecule has 0 bridgehead atoms. The Balaban J connectivity index is 1.95. The summed E-state index contributed by atoms with van der Waals surface area (Å²) in [6.45, 7) is 1.86.